The van der Waals surface area contributed by atoms with E-state index < -0.39 is 5.97 Å². The van der Waals surface area contributed by atoms with Gasteiger partial charge in [0.2, 0.25) is 0 Å². The van der Waals surface area contributed by atoms with Crippen molar-refractivity contribution >= 4 is 16.9 Å². The van der Waals surface area contributed by atoms with Crippen LogP contribution in [0.1, 0.15) is 65.0 Å². The number of fused-ring (bicyclic) bond motifs is 1. The molecule has 0 spiro atoms. The Balaban J connectivity index is 1.55. The lowest BCUT2D eigenvalue weighted by Crippen LogP contribution is -2.31. The molecule has 1 aromatic heterocycles. The van der Waals surface area contributed by atoms with Gasteiger partial charge >= 0.3 is 5.97 Å². The van der Waals surface area contributed by atoms with E-state index in [1.807, 2.05) is 18.2 Å². The Labute approximate surface area is 173 Å². The number of carboxylic acid groups (broad SMARTS) is 1. The monoisotopic (exact) mass is 398 g/mol. The van der Waals surface area contributed by atoms with Crippen LogP contribution < -0.4 is 10.1 Å². The van der Waals surface area contributed by atoms with Crippen LogP contribution in [0.15, 0.2) is 30.3 Å². The van der Waals surface area contributed by atoms with Gasteiger partial charge in [-0.2, -0.15) is 0 Å². The van der Waals surface area contributed by atoms with Crippen molar-refractivity contribution in [1.82, 2.24) is 10.3 Å². The summed E-state index contributed by atoms with van der Waals surface area (Å²) in [7, 11) is 0. The van der Waals surface area contributed by atoms with Crippen LogP contribution in [-0.2, 0) is 11.3 Å². The third-order valence-electron chi connectivity index (χ3n) is 6.53. The molecule has 0 radical (unpaired) electrons. The predicted octanol–water partition coefficient (Wildman–Crippen LogP) is 5.17. The molecule has 1 aliphatic carbocycles. The predicted molar refractivity (Wildman–Crippen MR) is 116 cm³/mol. The van der Waals surface area contributed by atoms with Crippen molar-refractivity contribution in [1.29, 1.82) is 0 Å². The van der Waals surface area contributed by atoms with Gasteiger partial charge in [-0.25, -0.2) is 0 Å². The SMILES string of the molecule is CCC(C)(C)C1CCC(Oc2ccc3nc(CNCCC(=O)O)ccc3c2)CC1. The zero-order valence-electron chi connectivity index (χ0n) is 17.9. The van der Waals surface area contributed by atoms with Gasteiger partial charge in [-0.1, -0.05) is 33.3 Å². The number of carbonyl (C=O) groups is 1. The number of aliphatic carboxylic acids is 1. The molecule has 0 unspecified atom stereocenters. The lowest BCUT2D eigenvalue weighted by atomic mass is 9.69. The summed E-state index contributed by atoms with van der Waals surface area (Å²) in [5.41, 5.74) is 2.27. The zero-order chi connectivity index (χ0) is 20.9. The van der Waals surface area contributed by atoms with Crippen molar-refractivity contribution < 1.29 is 14.6 Å². The van der Waals surface area contributed by atoms with Crippen molar-refractivity contribution in [3.63, 3.8) is 0 Å². The molecule has 1 heterocycles. The van der Waals surface area contributed by atoms with E-state index >= 15 is 0 Å². The fourth-order valence-electron chi connectivity index (χ4n) is 4.17. The minimum atomic E-state index is -0.793. The molecule has 5 heteroatoms. The molecule has 2 aromatic rings. The van der Waals surface area contributed by atoms with Gasteiger partial charge in [0.1, 0.15) is 5.75 Å². The molecule has 158 valence electrons. The molecule has 0 amide bonds. The number of benzene rings is 1. The summed E-state index contributed by atoms with van der Waals surface area (Å²) in [5, 5.41) is 12.9. The number of nitrogens with one attached hydrogen (secondary N) is 1. The van der Waals surface area contributed by atoms with E-state index in [1.165, 1.54) is 19.3 Å². The quantitative estimate of drug-likeness (QED) is 0.570. The summed E-state index contributed by atoms with van der Waals surface area (Å²) in [6.07, 6.45) is 6.42. The second-order valence-corrected chi connectivity index (χ2v) is 8.91. The highest BCUT2D eigenvalue weighted by Crippen LogP contribution is 2.41. The van der Waals surface area contributed by atoms with Crippen LogP contribution >= 0.6 is 0 Å². The smallest absolute Gasteiger partial charge is 0.304 e. The molecular formula is C24H34N2O3. The van der Waals surface area contributed by atoms with Crippen molar-refractivity contribution in [2.75, 3.05) is 6.54 Å². The van der Waals surface area contributed by atoms with Gasteiger partial charge in [0.25, 0.3) is 0 Å². The minimum absolute atomic E-state index is 0.117. The van der Waals surface area contributed by atoms with Gasteiger partial charge in [0, 0.05) is 18.5 Å². The van der Waals surface area contributed by atoms with Gasteiger partial charge < -0.3 is 15.2 Å². The maximum atomic E-state index is 10.6. The highest BCUT2D eigenvalue weighted by Gasteiger charge is 2.32. The number of aromatic nitrogens is 1. The molecule has 1 saturated carbocycles. The van der Waals surface area contributed by atoms with Crippen molar-refractivity contribution in [3.05, 3.63) is 36.0 Å². The van der Waals surface area contributed by atoms with E-state index in [0.717, 1.165) is 41.1 Å². The second kappa shape index (κ2) is 9.57. The van der Waals surface area contributed by atoms with E-state index in [1.54, 1.807) is 0 Å². The van der Waals surface area contributed by atoms with Crippen molar-refractivity contribution in [3.8, 4) is 5.75 Å². The Hall–Kier alpha value is -2.14. The lowest BCUT2D eigenvalue weighted by molar-refractivity contribution is -0.136. The van der Waals surface area contributed by atoms with Crippen molar-refractivity contribution in [2.45, 2.75) is 71.9 Å². The molecule has 2 N–H and O–H groups in total. The van der Waals surface area contributed by atoms with Gasteiger partial charge in [0.15, 0.2) is 0 Å². The summed E-state index contributed by atoms with van der Waals surface area (Å²) in [4.78, 5) is 15.2. The van der Waals surface area contributed by atoms with Crippen LogP contribution in [0.25, 0.3) is 10.9 Å². The van der Waals surface area contributed by atoms with Crippen LogP contribution in [0.3, 0.4) is 0 Å². The van der Waals surface area contributed by atoms with E-state index in [0.29, 0.717) is 24.6 Å². The normalized spacial score (nSPS) is 20.0. The molecule has 3 rings (SSSR count). The Kier molecular flexibility index (Phi) is 7.12. The van der Waals surface area contributed by atoms with E-state index in [4.69, 9.17) is 9.84 Å². The van der Waals surface area contributed by atoms with Gasteiger partial charge in [-0.15, -0.1) is 0 Å². The summed E-state index contributed by atoms with van der Waals surface area (Å²) >= 11 is 0. The van der Waals surface area contributed by atoms with Gasteiger partial charge in [-0.3, -0.25) is 9.78 Å². The number of pyridine rings is 1. The maximum Gasteiger partial charge on any atom is 0.304 e. The average Bonchev–Trinajstić information content (AvgIpc) is 2.71. The number of rotatable bonds is 9. The first-order valence-corrected chi connectivity index (χ1v) is 10.9. The minimum Gasteiger partial charge on any atom is -0.490 e. The van der Waals surface area contributed by atoms with E-state index in [2.05, 4.69) is 43.2 Å². The molecule has 0 saturated heterocycles. The lowest BCUT2D eigenvalue weighted by Gasteiger charge is -2.38. The highest BCUT2D eigenvalue weighted by molar-refractivity contribution is 5.80. The molecule has 0 bridgehead atoms. The number of hydrogen-bond donors (Lipinski definition) is 2. The van der Waals surface area contributed by atoms with Crippen molar-refractivity contribution in [2.24, 2.45) is 11.3 Å². The molecule has 1 aliphatic rings. The van der Waals surface area contributed by atoms with Crippen LogP contribution in [0.5, 0.6) is 5.75 Å². The summed E-state index contributed by atoms with van der Waals surface area (Å²) in [5.74, 6) is 0.930. The third kappa shape index (κ3) is 5.92. The number of nitrogens with zero attached hydrogens (tertiary/aromatic N) is 1. The first-order valence-electron chi connectivity index (χ1n) is 10.9. The Morgan fingerprint density at radius 2 is 1.97 bits per heavy atom. The van der Waals surface area contributed by atoms with Crippen LogP contribution in [0.4, 0.5) is 0 Å². The number of ether oxygens (including phenoxy) is 1. The number of carboxylic acids is 1. The fraction of sp³-hybridized carbons (Fsp3) is 0.583. The van der Waals surface area contributed by atoms with E-state index in [-0.39, 0.29) is 6.42 Å². The highest BCUT2D eigenvalue weighted by atomic mass is 16.5. The van der Waals surface area contributed by atoms with E-state index in [9.17, 15) is 4.79 Å². The van der Waals surface area contributed by atoms with Gasteiger partial charge in [0.05, 0.1) is 23.7 Å². The third-order valence-corrected chi connectivity index (χ3v) is 6.53. The molecule has 1 fully saturated rings. The first kappa shape index (κ1) is 21.6. The molecule has 1 aromatic carbocycles. The zero-order valence-corrected chi connectivity index (χ0v) is 17.9. The molecule has 5 nitrogen and oxygen atoms in total. The summed E-state index contributed by atoms with van der Waals surface area (Å²) < 4.78 is 6.29. The van der Waals surface area contributed by atoms with Crippen LogP contribution in [0.2, 0.25) is 0 Å². The largest absolute Gasteiger partial charge is 0.490 e. The molecular weight excluding hydrogens is 364 g/mol. The van der Waals surface area contributed by atoms with Gasteiger partial charge in [-0.05, 0) is 61.3 Å². The standard InChI is InChI=1S/C24H34N2O3/c1-4-24(2,3)18-6-9-20(10-7-18)29-21-11-12-22-17(15-21)5-8-19(26-22)16-25-14-13-23(27)28/h5,8,11-12,15,18,20,25H,4,6-7,9-10,13-14,16H2,1-3H3,(H,27,28). The maximum absolute atomic E-state index is 10.6. The molecule has 0 aliphatic heterocycles. The Bertz CT molecular complexity index is 826. The summed E-state index contributed by atoms with van der Waals surface area (Å²) in [6.45, 7) is 8.10. The van der Waals surface area contributed by atoms with Crippen LogP contribution in [-0.4, -0.2) is 28.7 Å². The number of hydrogen-bond acceptors (Lipinski definition) is 4. The van der Waals surface area contributed by atoms with Crippen LogP contribution in [0, 0.1) is 11.3 Å². The molecule has 29 heavy (non-hydrogen) atoms. The fourth-order valence-corrected chi connectivity index (χ4v) is 4.17. The molecule has 0 atom stereocenters. The average molecular weight is 399 g/mol. The second-order valence-electron chi connectivity index (χ2n) is 8.91. The Morgan fingerprint density at radius 3 is 2.66 bits per heavy atom. The topological polar surface area (TPSA) is 71.5 Å². The Morgan fingerprint density at radius 1 is 1.21 bits per heavy atom. The first-order chi connectivity index (χ1) is 13.9. The summed E-state index contributed by atoms with van der Waals surface area (Å²) in [6, 6.07) is 10.1.